The van der Waals surface area contributed by atoms with Crippen molar-refractivity contribution in [3.8, 4) is 5.82 Å². The van der Waals surface area contributed by atoms with Gasteiger partial charge in [0.1, 0.15) is 12.1 Å². The fourth-order valence-corrected chi connectivity index (χ4v) is 2.42. The van der Waals surface area contributed by atoms with E-state index in [1.807, 2.05) is 0 Å². The van der Waals surface area contributed by atoms with E-state index < -0.39 is 11.9 Å². The number of carbonyl (C=O) groups is 2. The summed E-state index contributed by atoms with van der Waals surface area (Å²) < 4.78 is 1.71. The Morgan fingerprint density at radius 3 is 2.86 bits per heavy atom. The van der Waals surface area contributed by atoms with Crippen molar-refractivity contribution in [2.45, 2.75) is 6.42 Å². The largest absolute Gasteiger partial charge is 0.481 e. The lowest BCUT2D eigenvalue weighted by atomic mass is 10.1. The van der Waals surface area contributed by atoms with Crippen molar-refractivity contribution in [2.24, 2.45) is 5.92 Å². The number of carboxylic acids is 1. The highest BCUT2D eigenvalue weighted by Gasteiger charge is 2.31. The molecule has 2 aromatic heterocycles. The molecule has 1 aliphatic heterocycles. The standard InChI is InChI=1S/C14H14N4O3/c19-13(17-5-2-11(8-17)14(20)21)10-1-3-16-12(7-10)18-6-4-15-9-18/h1,3-4,6-7,9,11H,2,5,8H2,(H,20,21)/t11-/m1/s1. The summed E-state index contributed by atoms with van der Waals surface area (Å²) in [6.07, 6.45) is 7.04. The van der Waals surface area contributed by atoms with Crippen LogP contribution in [0.3, 0.4) is 0 Å². The van der Waals surface area contributed by atoms with Gasteiger partial charge in [-0.2, -0.15) is 0 Å². The van der Waals surface area contributed by atoms with E-state index in [4.69, 9.17) is 5.11 Å². The van der Waals surface area contributed by atoms with E-state index >= 15 is 0 Å². The minimum absolute atomic E-state index is 0.164. The van der Waals surface area contributed by atoms with Crippen LogP contribution in [-0.2, 0) is 4.79 Å². The molecule has 3 rings (SSSR count). The molecule has 1 aliphatic rings. The molecule has 0 bridgehead atoms. The zero-order valence-corrected chi connectivity index (χ0v) is 11.2. The molecule has 0 saturated carbocycles. The lowest BCUT2D eigenvalue weighted by molar-refractivity contribution is -0.141. The van der Waals surface area contributed by atoms with Crippen LogP contribution in [-0.4, -0.2) is 49.5 Å². The number of aromatic nitrogens is 3. The normalized spacial score (nSPS) is 17.9. The Kier molecular flexibility index (Phi) is 3.39. The zero-order valence-electron chi connectivity index (χ0n) is 11.2. The Balaban J connectivity index is 1.80. The molecule has 1 saturated heterocycles. The number of nitrogens with zero attached hydrogens (tertiary/aromatic N) is 4. The van der Waals surface area contributed by atoms with E-state index in [-0.39, 0.29) is 12.5 Å². The summed E-state index contributed by atoms with van der Waals surface area (Å²) in [6.45, 7) is 0.732. The number of pyridine rings is 1. The van der Waals surface area contributed by atoms with Crippen molar-refractivity contribution in [1.29, 1.82) is 0 Å². The Hall–Kier alpha value is -2.70. The highest BCUT2D eigenvalue weighted by molar-refractivity contribution is 5.95. The van der Waals surface area contributed by atoms with Gasteiger partial charge in [0, 0.05) is 37.2 Å². The molecule has 1 N–H and O–H groups in total. The summed E-state index contributed by atoms with van der Waals surface area (Å²) in [7, 11) is 0. The second-order valence-corrected chi connectivity index (χ2v) is 4.95. The maximum atomic E-state index is 12.4. The number of imidazole rings is 1. The smallest absolute Gasteiger partial charge is 0.308 e. The van der Waals surface area contributed by atoms with E-state index in [0.717, 1.165) is 0 Å². The molecule has 1 fully saturated rings. The molecular formula is C14H14N4O3. The molecule has 2 aromatic rings. The number of amides is 1. The van der Waals surface area contributed by atoms with Crippen molar-refractivity contribution < 1.29 is 14.7 Å². The van der Waals surface area contributed by atoms with Crippen molar-refractivity contribution >= 4 is 11.9 Å². The first-order valence-corrected chi connectivity index (χ1v) is 6.61. The topological polar surface area (TPSA) is 88.3 Å². The Labute approximate surface area is 120 Å². The van der Waals surface area contributed by atoms with E-state index in [1.54, 1.807) is 46.5 Å². The first-order chi connectivity index (χ1) is 10.1. The molecule has 1 amide bonds. The van der Waals surface area contributed by atoms with Crippen LogP contribution in [0.15, 0.2) is 37.1 Å². The van der Waals surface area contributed by atoms with Crippen molar-refractivity contribution in [3.63, 3.8) is 0 Å². The van der Waals surface area contributed by atoms with Crippen molar-refractivity contribution in [2.75, 3.05) is 13.1 Å². The Morgan fingerprint density at radius 2 is 2.19 bits per heavy atom. The summed E-state index contributed by atoms with van der Waals surface area (Å²) in [5, 5.41) is 8.99. The third-order valence-electron chi connectivity index (χ3n) is 3.59. The van der Waals surface area contributed by atoms with Gasteiger partial charge < -0.3 is 10.0 Å². The molecule has 0 aromatic carbocycles. The van der Waals surface area contributed by atoms with Gasteiger partial charge in [0.25, 0.3) is 5.91 Å². The second-order valence-electron chi connectivity index (χ2n) is 4.95. The monoisotopic (exact) mass is 286 g/mol. The molecule has 0 spiro atoms. The molecule has 7 heteroatoms. The van der Waals surface area contributed by atoms with Crippen LogP contribution < -0.4 is 0 Å². The van der Waals surface area contributed by atoms with Gasteiger partial charge in [-0.3, -0.25) is 14.2 Å². The first kappa shape index (κ1) is 13.3. The lowest BCUT2D eigenvalue weighted by Gasteiger charge is -2.16. The fraction of sp³-hybridized carbons (Fsp3) is 0.286. The summed E-state index contributed by atoms with van der Waals surface area (Å²) in [4.78, 5) is 33.1. The van der Waals surface area contributed by atoms with Crippen molar-refractivity contribution in [1.82, 2.24) is 19.4 Å². The molecule has 0 aliphatic carbocycles. The average Bonchev–Trinajstić information content (AvgIpc) is 3.18. The van der Waals surface area contributed by atoms with Crippen LogP contribution in [0.1, 0.15) is 16.8 Å². The summed E-state index contributed by atoms with van der Waals surface area (Å²) in [5.74, 6) is -0.877. The second kappa shape index (κ2) is 5.35. The summed E-state index contributed by atoms with van der Waals surface area (Å²) in [6, 6.07) is 3.31. The number of rotatable bonds is 3. The van der Waals surface area contributed by atoms with Crippen molar-refractivity contribution in [3.05, 3.63) is 42.6 Å². The van der Waals surface area contributed by atoms with Gasteiger partial charge >= 0.3 is 5.97 Å². The number of carbonyl (C=O) groups excluding carboxylic acids is 1. The van der Waals surface area contributed by atoms with Gasteiger partial charge in [-0.1, -0.05) is 0 Å². The quantitative estimate of drug-likeness (QED) is 0.902. The van der Waals surface area contributed by atoms with Gasteiger partial charge in [0.2, 0.25) is 0 Å². The zero-order chi connectivity index (χ0) is 14.8. The van der Waals surface area contributed by atoms with Gasteiger partial charge in [-0.05, 0) is 18.6 Å². The Bertz CT molecular complexity index is 669. The Morgan fingerprint density at radius 1 is 1.33 bits per heavy atom. The molecule has 21 heavy (non-hydrogen) atoms. The maximum Gasteiger partial charge on any atom is 0.308 e. The van der Waals surface area contributed by atoms with Crippen LogP contribution in [0.4, 0.5) is 0 Å². The third-order valence-corrected chi connectivity index (χ3v) is 3.59. The lowest BCUT2D eigenvalue weighted by Crippen LogP contribution is -2.30. The van der Waals surface area contributed by atoms with Crippen LogP contribution in [0.2, 0.25) is 0 Å². The molecule has 0 unspecified atom stereocenters. The van der Waals surface area contributed by atoms with Crippen LogP contribution in [0.5, 0.6) is 0 Å². The van der Waals surface area contributed by atoms with Gasteiger partial charge in [0.15, 0.2) is 0 Å². The van der Waals surface area contributed by atoms with E-state index in [9.17, 15) is 9.59 Å². The minimum Gasteiger partial charge on any atom is -0.481 e. The number of carboxylic acid groups (broad SMARTS) is 1. The van der Waals surface area contributed by atoms with Gasteiger partial charge in [-0.25, -0.2) is 9.97 Å². The highest BCUT2D eigenvalue weighted by atomic mass is 16.4. The van der Waals surface area contributed by atoms with Crippen LogP contribution >= 0.6 is 0 Å². The summed E-state index contributed by atoms with van der Waals surface area (Å²) >= 11 is 0. The van der Waals surface area contributed by atoms with Gasteiger partial charge in [0.05, 0.1) is 5.92 Å². The summed E-state index contributed by atoms with van der Waals surface area (Å²) in [5.41, 5.74) is 0.500. The van der Waals surface area contributed by atoms with E-state index in [0.29, 0.717) is 24.3 Å². The highest BCUT2D eigenvalue weighted by Crippen LogP contribution is 2.19. The molecule has 7 nitrogen and oxygen atoms in total. The van der Waals surface area contributed by atoms with Crippen LogP contribution in [0, 0.1) is 5.92 Å². The molecular weight excluding hydrogens is 272 g/mol. The maximum absolute atomic E-state index is 12.4. The molecule has 1 atom stereocenters. The predicted molar refractivity (Wildman–Crippen MR) is 73.0 cm³/mol. The molecule has 108 valence electrons. The predicted octanol–water partition coefficient (Wildman–Crippen LogP) is 0.814. The average molecular weight is 286 g/mol. The third kappa shape index (κ3) is 2.62. The molecule has 3 heterocycles. The van der Waals surface area contributed by atoms with Gasteiger partial charge in [-0.15, -0.1) is 0 Å². The minimum atomic E-state index is -0.848. The number of hydrogen-bond acceptors (Lipinski definition) is 4. The number of aliphatic carboxylic acids is 1. The van der Waals surface area contributed by atoms with E-state index in [2.05, 4.69) is 9.97 Å². The fourth-order valence-electron chi connectivity index (χ4n) is 2.42. The number of hydrogen-bond donors (Lipinski definition) is 1. The SMILES string of the molecule is O=C(O)[C@@H]1CCN(C(=O)c2ccnc(-n3ccnc3)c2)C1. The van der Waals surface area contributed by atoms with E-state index in [1.165, 1.54) is 0 Å². The van der Waals surface area contributed by atoms with Crippen LogP contribution in [0.25, 0.3) is 5.82 Å². The number of likely N-dealkylation sites (tertiary alicyclic amines) is 1. The molecule has 0 radical (unpaired) electrons. The first-order valence-electron chi connectivity index (χ1n) is 6.61.